The van der Waals surface area contributed by atoms with Crippen LogP contribution in [-0.4, -0.2) is 45.2 Å². The Morgan fingerprint density at radius 1 is 1.03 bits per heavy atom. The van der Waals surface area contributed by atoms with Gasteiger partial charge in [0.15, 0.2) is 5.78 Å². The lowest BCUT2D eigenvalue weighted by Gasteiger charge is -2.34. The fourth-order valence-corrected chi connectivity index (χ4v) is 4.25. The Morgan fingerprint density at radius 3 is 2.41 bits per heavy atom. The van der Waals surface area contributed by atoms with Gasteiger partial charge in [0.1, 0.15) is 23.9 Å². The number of hydrogen-bond acceptors (Lipinski definition) is 6. The molecule has 1 aromatic heterocycles. The smallest absolute Gasteiger partial charge is 0.249 e. The molecule has 202 valence electrons. The summed E-state index contributed by atoms with van der Waals surface area (Å²) in [5, 5.41) is 11.4. The number of nitrogens with zero attached hydrogens (tertiary/aromatic N) is 4. The predicted octanol–water partition coefficient (Wildman–Crippen LogP) is 4.72. The number of carbonyl (C=O) groups is 3. The molecule has 0 unspecified atom stereocenters. The maximum atomic E-state index is 14.1. The number of Topliss-reactive ketones (excluding diaryl/α,β-unsaturated/α-hetero) is 1. The number of hydrogen-bond donors (Lipinski definition) is 1. The van der Waals surface area contributed by atoms with E-state index in [9.17, 15) is 14.4 Å². The number of benzene rings is 3. The lowest BCUT2D eigenvalue weighted by molar-refractivity contribution is -0.128. The molecule has 0 radical (unpaired) electrons. The summed E-state index contributed by atoms with van der Waals surface area (Å²) in [6.45, 7) is 7.18. The molecule has 0 aliphatic heterocycles. The Kier molecular flexibility index (Phi) is 8.09. The largest absolute Gasteiger partial charge is 0.497 e. The van der Waals surface area contributed by atoms with Gasteiger partial charge in [-0.15, -0.1) is 5.10 Å². The van der Waals surface area contributed by atoms with Crippen molar-refractivity contribution in [2.24, 2.45) is 0 Å². The second-order valence-electron chi connectivity index (χ2n) is 10.0. The molecule has 4 rings (SSSR count). The van der Waals surface area contributed by atoms with E-state index in [1.165, 1.54) is 16.5 Å². The van der Waals surface area contributed by atoms with Gasteiger partial charge in [0.05, 0.1) is 12.6 Å². The summed E-state index contributed by atoms with van der Waals surface area (Å²) in [7, 11) is 1.55. The van der Waals surface area contributed by atoms with Crippen LogP contribution < -0.4 is 15.0 Å². The molecule has 9 heteroatoms. The molecule has 39 heavy (non-hydrogen) atoms. The third-order valence-electron chi connectivity index (χ3n) is 6.79. The third kappa shape index (κ3) is 6.14. The summed E-state index contributed by atoms with van der Waals surface area (Å²) in [5.74, 6) is -0.261. The quantitative estimate of drug-likeness (QED) is 0.299. The highest BCUT2D eigenvalue weighted by molar-refractivity contribution is 6.02. The summed E-state index contributed by atoms with van der Waals surface area (Å²) >= 11 is 0. The minimum Gasteiger partial charge on any atom is -0.497 e. The molecule has 0 saturated carbocycles. The number of ether oxygens (including phenoxy) is 1. The molecule has 4 aromatic rings. The van der Waals surface area contributed by atoms with Crippen LogP contribution in [0.4, 0.5) is 5.69 Å². The number of amides is 2. The van der Waals surface area contributed by atoms with Crippen LogP contribution in [0.25, 0.3) is 11.0 Å². The van der Waals surface area contributed by atoms with Gasteiger partial charge in [-0.1, -0.05) is 36.4 Å². The first-order valence-corrected chi connectivity index (χ1v) is 12.8. The Balaban J connectivity index is 1.85. The maximum absolute atomic E-state index is 14.1. The Bertz CT molecular complexity index is 1490. The van der Waals surface area contributed by atoms with E-state index in [2.05, 4.69) is 15.6 Å². The van der Waals surface area contributed by atoms with Crippen molar-refractivity contribution in [3.05, 3.63) is 83.9 Å². The van der Waals surface area contributed by atoms with Crippen molar-refractivity contribution in [3.8, 4) is 5.75 Å². The van der Waals surface area contributed by atoms with E-state index < -0.39 is 11.6 Å². The monoisotopic (exact) mass is 527 g/mol. The van der Waals surface area contributed by atoms with Crippen molar-refractivity contribution >= 4 is 34.3 Å². The highest BCUT2D eigenvalue weighted by Gasteiger charge is 2.35. The molecule has 1 N–H and O–H groups in total. The number of methoxy groups -OCH3 is 1. The number of fused-ring (bicyclic) bond motifs is 1. The van der Waals surface area contributed by atoms with Gasteiger partial charge < -0.3 is 10.1 Å². The highest BCUT2D eigenvalue weighted by atomic mass is 16.5. The second-order valence-corrected chi connectivity index (χ2v) is 10.0. The average Bonchev–Trinajstić information content (AvgIpc) is 3.34. The van der Waals surface area contributed by atoms with Crippen molar-refractivity contribution in [1.82, 2.24) is 20.3 Å². The zero-order valence-corrected chi connectivity index (χ0v) is 22.8. The Morgan fingerprint density at radius 2 is 1.74 bits per heavy atom. The molecule has 0 saturated heterocycles. The van der Waals surface area contributed by atoms with E-state index >= 15 is 0 Å². The fraction of sp³-hybridized carbons (Fsp3) is 0.300. The van der Waals surface area contributed by atoms with Gasteiger partial charge in [-0.25, -0.2) is 4.68 Å². The molecule has 0 aliphatic rings. The fourth-order valence-electron chi connectivity index (χ4n) is 4.25. The first-order valence-electron chi connectivity index (χ1n) is 12.8. The van der Waals surface area contributed by atoms with Crippen molar-refractivity contribution in [1.29, 1.82) is 0 Å². The van der Waals surface area contributed by atoms with E-state index in [-0.39, 0.29) is 24.1 Å². The van der Waals surface area contributed by atoms with Gasteiger partial charge in [-0.05, 0) is 81.3 Å². The summed E-state index contributed by atoms with van der Waals surface area (Å²) in [5.41, 5.74) is 2.39. The van der Waals surface area contributed by atoms with Crippen molar-refractivity contribution in [2.45, 2.75) is 52.2 Å². The normalized spacial score (nSPS) is 12.1. The first-order chi connectivity index (χ1) is 18.6. The molecule has 1 heterocycles. The zero-order chi connectivity index (χ0) is 28.2. The van der Waals surface area contributed by atoms with Gasteiger partial charge in [0.2, 0.25) is 11.8 Å². The third-order valence-corrected chi connectivity index (χ3v) is 6.79. The SMILES string of the molecule is CCC(C)(C)NC(=O)[C@@H](c1cccc(OC)c1)N(C(=O)Cn1nnc2ccccc21)c1ccc(C(C)=O)cc1. The van der Waals surface area contributed by atoms with Crippen LogP contribution in [0.1, 0.15) is 56.1 Å². The Labute approximate surface area is 227 Å². The number of rotatable bonds is 10. The summed E-state index contributed by atoms with van der Waals surface area (Å²) in [4.78, 5) is 41.5. The average molecular weight is 528 g/mol. The highest BCUT2D eigenvalue weighted by Crippen LogP contribution is 2.31. The summed E-state index contributed by atoms with van der Waals surface area (Å²) in [6, 6.07) is 20.1. The topological polar surface area (TPSA) is 106 Å². The molecule has 9 nitrogen and oxygen atoms in total. The number of anilines is 1. The van der Waals surface area contributed by atoms with Crippen LogP contribution in [-0.2, 0) is 16.1 Å². The summed E-state index contributed by atoms with van der Waals surface area (Å²) in [6.07, 6.45) is 0.690. The van der Waals surface area contributed by atoms with Crippen molar-refractivity contribution < 1.29 is 19.1 Å². The predicted molar refractivity (Wildman–Crippen MR) is 150 cm³/mol. The minimum absolute atomic E-state index is 0.0969. The van der Waals surface area contributed by atoms with E-state index in [1.807, 2.05) is 45.0 Å². The zero-order valence-electron chi connectivity index (χ0n) is 22.8. The molecule has 0 fully saturated rings. The molecular weight excluding hydrogens is 494 g/mol. The Hall–Kier alpha value is -4.53. The van der Waals surface area contributed by atoms with Crippen LogP contribution in [0.2, 0.25) is 0 Å². The minimum atomic E-state index is -1.03. The summed E-state index contributed by atoms with van der Waals surface area (Å²) < 4.78 is 6.95. The number of ketones is 1. The van der Waals surface area contributed by atoms with Crippen molar-refractivity contribution in [2.75, 3.05) is 12.0 Å². The molecular formula is C30H33N5O4. The lowest BCUT2D eigenvalue weighted by atomic mass is 9.98. The van der Waals surface area contributed by atoms with Gasteiger partial charge in [0.25, 0.3) is 0 Å². The van der Waals surface area contributed by atoms with E-state index in [0.29, 0.717) is 40.0 Å². The number of nitrogens with one attached hydrogen (secondary N) is 1. The molecule has 2 amide bonds. The maximum Gasteiger partial charge on any atom is 0.249 e. The van der Waals surface area contributed by atoms with Crippen LogP contribution in [0.3, 0.4) is 0 Å². The van der Waals surface area contributed by atoms with Crippen molar-refractivity contribution in [3.63, 3.8) is 0 Å². The second kappa shape index (κ2) is 11.5. The van der Waals surface area contributed by atoms with E-state index in [1.54, 1.807) is 55.6 Å². The van der Waals surface area contributed by atoms with Gasteiger partial charge >= 0.3 is 0 Å². The van der Waals surface area contributed by atoms with Gasteiger partial charge in [-0.2, -0.15) is 0 Å². The molecule has 0 aliphatic carbocycles. The van der Waals surface area contributed by atoms with Gasteiger partial charge in [0, 0.05) is 16.8 Å². The number of para-hydroxylation sites is 1. The van der Waals surface area contributed by atoms with Crippen LogP contribution in [0.5, 0.6) is 5.75 Å². The first kappa shape index (κ1) is 27.5. The van der Waals surface area contributed by atoms with Gasteiger partial charge in [-0.3, -0.25) is 19.3 Å². The number of carbonyl (C=O) groups excluding carboxylic acids is 3. The van der Waals surface area contributed by atoms with E-state index in [0.717, 1.165) is 0 Å². The van der Waals surface area contributed by atoms with E-state index in [4.69, 9.17) is 4.74 Å². The lowest BCUT2D eigenvalue weighted by Crippen LogP contribution is -2.51. The van der Waals surface area contributed by atoms with Crippen LogP contribution in [0.15, 0.2) is 72.8 Å². The van der Waals surface area contributed by atoms with Crippen LogP contribution >= 0.6 is 0 Å². The molecule has 1 atom stereocenters. The molecule has 3 aromatic carbocycles. The molecule has 0 spiro atoms. The standard InChI is InChI=1S/C30H33N5O4/c1-6-30(3,4)31-29(38)28(22-10-9-11-24(18-22)39-5)35(23-16-14-21(15-17-23)20(2)36)27(37)19-34-26-13-8-7-12-25(26)32-33-34/h7-18,28H,6,19H2,1-5H3,(H,31,38)/t28-/m1/s1. The number of aromatic nitrogens is 3. The van der Waals surface area contributed by atoms with Crippen LogP contribution in [0, 0.1) is 0 Å². The molecule has 0 bridgehead atoms.